The molecule has 2 N–H and O–H groups in total. The van der Waals surface area contributed by atoms with Crippen LogP contribution in [0.1, 0.15) is 40.0 Å². The van der Waals surface area contributed by atoms with Crippen LogP contribution in [-0.2, 0) is 0 Å². The molecule has 16 heavy (non-hydrogen) atoms. The molecule has 1 fully saturated rings. The van der Waals surface area contributed by atoms with Crippen LogP contribution in [0.4, 0.5) is 0 Å². The molecule has 1 rings (SSSR count). The summed E-state index contributed by atoms with van der Waals surface area (Å²) in [6, 6.07) is 1.40. The molecule has 0 aromatic rings. The number of hydrogen-bond acceptors (Lipinski definition) is 3. The van der Waals surface area contributed by atoms with Crippen LogP contribution in [0, 0.1) is 0 Å². The number of nitrogens with two attached hydrogens (primary N) is 1. The molecule has 0 radical (unpaired) electrons. The fourth-order valence-corrected chi connectivity index (χ4v) is 2.68. The predicted octanol–water partition coefficient (Wildman–Crippen LogP) is 1.53. The SMILES string of the molecule is CCC(CCN)N1CCCN(C(C)C)CC1. The van der Waals surface area contributed by atoms with Gasteiger partial charge in [-0.15, -0.1) is 0 Å². The van der Waals surface area contributed by atoms with Crippen molar-refractivity contribution in [3.8, 4) is 0 Å². The van der Waals surface area contributed by atoms with E-state index < -0.39 is 0 Å². The summed E-state index contributed by atoms with van der Waals surface area (Å²) in [5.41, 5.74) is 5.69. The number of nitrogens with zero attached hydrogens (tertiary/aromatic N) is 2. The van der Waals surface area contributed by atoms with E-state index in [2.05, 4.69) is 30.6 Å². The lowest BCUT2D eigenvalue weighted by Gasteiger charge is -2.30. The molecule has 3 heteroatoms. The maximum atomic E-state index is 5.69. The molecule has 1 atom stereocenters. The normalized spacial score (nSPS) is 22.3. The molecule has 1 aliphatic heterocycles. The van der Waals surface area contributed by atoms with Gasteiger partial charge in [-0.2, -0.15) is 0 Å². The maximum Gasteiger partial charge on any atom is 0.0112 e. The third kappa shape index (κ3) is 4.04. The Morgan fingerprint density at radius 3 is 2.25 bits per heavy atom. The van der Waals surface area contributed by atoms with E-state index in [1.807, 2.05) is 0 Å². The standard InChI is InChI=1S/C13H29N3/c1-4-13(6-7-14)16-9-5-8-15(10-11-16)12(2)3/h12-13H,4-11,14H2,1-3H3. The highest BCUT2D eigenvalue weighted by molar-refractivity contribution is 4.77. The van der Waals surface area contributed by atoms with Crippen LogP contribution in [0.25, 0.3) is 0 Å². The molecule has 1 saturated heterocycles. The molecule has 1 heterocycles. The quantitative estimate of drug-likeness (QED) is 0.773. The summed E-state index contributed by atoms with van der Waals surface area (Å²) in [5, 5.41) is 0. The maximum absolute atomic E-state index is 5.69. The van der Waals surface area contributed by atoms with Gasteiger partial charge < -0.3 is 5.73 Å². The van der Waals surface area contributed by atoms with E-state index in [1.165, 1.54) is 39.0 Å². The molecule has 0 amide bonds. The second kappa shape index (κ2) is 7.25. The highest BCUT2D eigenvalue weighted by atomic mass is 15.2. The zero-order valence-corrected chi connectivity index (χ0v) is 11.3. The van der Waals surface area contributed by atoms with E-state index >= 15 is 0 Å². The second-order valence-electron chi connectivity index (χ2n) is 5.16. The van der Waals surface area contributed by atoms with Gasteiger partial charge >= 0.3 is 0 Å². The number of hydrogen-bond donors (Lipinski definition) is 1. The summed E-state index contributed by atoms with van der Waals surface area (Å²) in [7, 11) is 0. The summed E-state index contributed by atoms with van der Waals surface area (Å²) in [6.45, 7) is 12.7. The van der Waals surface area contributed by atoms with E-state index in [0.29, 0.717) is 12.1 Å². The van der Waals surface area contributed by atoms with Gasteiger partial charge in [-0.3, -0.25) is 9.80 Å². The Balaban J connectivity index is 2.44. The molecule has 0 aromatic heterocycles. The number of rotatable bonds is 5. The summed E-state index contributed by atoms with van der Waals surface area (Å²) in [4.78, 5) is 5.24. The molecular formula is C13H29N3. The topological polar surface area (TPSA) is 32.5 Å². The molecule has 0 bridgehead atoms. The highest BCUT2D eigenvalue weighted by Crippen LogP contribution is 2.13. The predicted molar refractivity (Wildman–Crippen MR) is 70.6 cm³/mol. The fourth-order valence-electron chi connectivity index (χ4n) is 2.68. The Bertz CT molecular complexity index is 182. The van der Waals surface area contributed by atoms with Crippen LogP contribution in [0.3, 0.4) is 0 Å². The van der Waals surface area contributed by atoms with Crippen molar-refractivity contribution in [3.63, 3.8) is 0 Å². The summed E-state index contributed by atoms with van der Waals surface area (Å²) in [5.74, 6) is 0. The van der Waals surface area contributed by atoms with E-state index in [0.717, 1.165) is 13.0 Å². The third-order valence-electron chi connectivity index (χ3n) is 3.78. The van der Waals surface area contributed by atoms with Crippen molar-refractivity contribution in [3.05, 3.63) is 0 Å². The Labute approximate surface area is 101 Å². The van der Waals surface area contributed by atoms with Gasteiger partial charge in [0.15, 0.2) is 0 Å². The monoisotopic (exact) mass is 227 g/mol. The Hall–Kier alpha value is -0.120. The first-order valence-corrected chi connectivity index (χ1v) is 6.87. The van der Waals surface area contributed by atoms with Crippen LogP contribution in [0.15, 0.2) is 0 Å². The minimum absolute atomic E-state index is 0.689. The van der Waals surface area contributed by atoms with E-state index in [9.17, 15) is 0 Å². The van der Waals surface area contributed by atoms with Gasteiger partial charge in [0, 0.05) is 25.2 Å². The minimum Gasteiger partial charge on any atom is -0.330 e. The molecule has 0 aromatic carbocycles. The Kier molecular flexibility index (Phi) is 6.32. The largest absolute Gasteiger partial charge is 0.330 e. The van der Waals surface area contributed by atoms with Crippen molar-refractivity contribution < 1.29 is 0 Å². The molecule has 96 valence electrons. The molecule has 1 aliphatic rings. The van der Waals surface area contributed by atoms with Gasteiger partial charge in [0.25, 0.3) is 0 Å². The molecule has 0 saturated carbocycles. The van der Waals surface area contributed by atoms with Crippen molar-refractivity contribution in [2.24, 2.45) is 5.73 Å². The van der Waals surface area contributed by atoms with Crippen LogP contribution in [-0.4, -0.2) is 54.6 Å². The molecule has 0 aliphatic carbocycles. The van der Waals surface area contributed by atoms with Gasteiger partial charge in [0.05, 0.1) is 0 Å². The summed E-state index contributed by atoms with van der Waals surface area (Å²) >= 11 is 0. The van der Waals surface area contributed by atoms with Crippen molar-refractivity contribution in [1.29, 1.82) is 0 Å². The van der Waals surface area contributed by atoms with Crippen molar-refractivity contribution in [2.75, 3.05) is 32.7 Å². The first kappa shape index (κ1) is 13.9. The first-order chi connectivity index (χ1) is 7.69. The van der Waals surface area contributed by atoms with E-state index in [4.69, 9.17) is 5.73 Å². The van der Waals surface area contributed by atoms with Crippen LogP contribution >= 0.6 is 0 Å². The lowest BCUT2D eigenvalue weighted by molar-refractivity contribution is 0.177. The second-order valence-corrected chi connectivity index (χ2v) is 5.16. The van der Waals surface area contributed by atoms with Gasteiger partial charge in [0.2, 0.25) is 0 Å². The zero-order valence-electron chi connectivity index (χ0n) is 11.3. The van der Waals surface area contributed by atoms with Crippen LogP contribution in [0.5, 0.6) is 0 Å². The van der Waals surface area contributed by atoms with Crippen LogP contribution in [0.2, 0.25) is 0 Å². The smallest absolute Gasteiger partial charge is 0.0112 e. The minimum atomic E-state index is 0.689. The fraction of sp³-hybridized carbons (Fsp3) is 1.00. The molecular weight excluding hydrogens is 198 g/mol. The van der Waals surface area contributed by atoms with E-state index in [1.54, 1.807) is 0 Å². The molecule has 3 nitrogen and oxygen atoms in total. The van der Waals surface area contributed by atoms with Crippen LogP contribution < -0.4 is 5.73 Å². The van der Waals surface area contributed by atoms with Gasteiger partial charge in [0.1, 0.15) is 0 Å². The summed E-state index contributed by atoms with van der Waals surface area (Å²) < 4.78 is 0. The van der Waals surface area contributed by atoms with Gasteiger partial charge in [-0.1, -0.05) is 6.92 Å². The van der Waals surface area contributed by atoms with E-state index in [-0.39, 0.29) is 0 Å². The first-order valence-electron chi connectivity index (χ1n) is 6.87. The lowest BCUT2D eigenvalue weighted by atomic mass is 10.1. The van der Waals surface area contributed by atoms with Crippen molar-refractivity contribution in [2.45, 2.75) is 52.1 Å². The average molecular weight is 227 g/mol. The van der Waals surface area contributed by atoms with Gasteiger partial charge in [-0.05, 0) is 52.7 Å². The Morgan fingerprint density at radius 1 is 1.06 bits per heavy atom. The van der Waals surface area contributed by atoms with Crippen molar-refractivity contribution >= 4 is 0 Å². The zero-order chi connectivity index (χ0) is 12.0. The van der Waals surface area contributed by atoms with Crippen molar-refractivity contribution in [1.82, 2.24) is 9.80 Å². The Morgan fingerprint density at radius 2 is 1.69 bits per heavy atom. The lowest BCUT2D eigenvalue weighted by Crippen LogP contribution is -2.40. The molecule has 1 unspecified atom stereocenters. The highest BCUT2D eigenvalue weighted by Gasteiger charge is 2.21. The molecule has 0 spiro atoms. The van der Waals surface area contributed by atoms with Gasteiger partial charge in [-0.25, -0.2) is 0 Å². The summed E-state index contributed by atoms with van der Waals surface area (Å²) in [6.07, 6.45) is 3.69. The third-order valence-corrected chi connectivity index (χ3v) is 3.78. The average Bonchev–Trinajstić information content (AvgIpc) is 2.51.